The number of aromatic nitrogens is 2. The van der Waals surface area contributed by atoms with Crippen molar-refractivity contribution in [2.45, 2.75) is 30.8 Å². The van der Waals surface area contributed by atoms with Gasteiger partial charge in [-0.3, -0.25) is 4.79 Å². The molecule has 1 N–H and O–H groups in total. The third kappa shape index (κ3) is 5.21. The Morgan fingerprint density at radius 2 is 1.85 bits per heavy atom. The molecule has 0 fully saturated rings. The first-order valence-electron chi connectivity index (χ1n) is 10.3. The molecule has 0 radical (unpaired) electrons. The molecule has 0 saturated carbocycles. The standard InChI is InChI=1S/C23H27ClN4O4S/c1-15(2)28(4)33(30,31)18-10-11-20(24)19(14-18)23(29)26-21(22-25-12-13-27(22)3)16-6-8-17(32-5)9-7-16/h6-15,21H,1-5H3,(H,26,29). The van der Waals surface area contributed by atoms with Crippen molar-refractivity contribution in [3.05, 3.63) is 76.8 Å². The lowest BCUT2D eigenvalue weighted by molar-refractivity contribution is 0.0941. The summed E-state index contributed by atoms with van der Waals surface area (Å²) in [6, 6.07) is 10.5. The fraction of sp³-hybridized carbons (Fsp3) is 0.304. The van der Waals surface area contributed by atoms with Gasteiger partial charge >= 0.3 is 0 Å². The summed E-state index contributed by atoms with van der Waals surface area (Å²) in [5.74, 6) is 0.764. The zero-order valence-electron chi connectivity index (χ0n) is 19.1. The minimum atomic E-state index is -3.78. The third-order valence-corrected chi connectivity index (χ3v) is 7.79. The van der Waals surface area contributed by atoms with E-state index in [-0.39, 0.29) is 21.5 Å². The van der Waals surface area contributed by atoms with Gasteiger partial charge in [-0.25, -0.2) is 13.4 Å². The van der Waals surface area contributed by atoms with E-state index in [2.05, 4.69) is 10.3 Å². The Morgan fingerprint density at radius 3 is 2.39 bits per heavy atom. The maximum Gasteiger partial charge on any atom is 0.253 e. The van der Waals surface area contributed by atoms with E-state index in [1.165, 1.54) is 29.6 Å². The van der Waals surface area contributed by atoms with Gasteiger partial charge < -0.3 is 14.6 Å². The molecule has 3 aromatic rings. The number of hydrogen-bond donors (Lipinski definition) is 1. The predicted octanol–water partition coefficient (Wildman–Crippen LogP) is 3.63. The largest absolute Gasteiger partial charge is 0.497 e. The second-order valence-corrected chi connectivity index (χ2v) is 10.2. The predicted molar refractivity (Wildman–Crippen MR) is 127 cm³/mol. The number of halogens is 1. The van der Waals surface area contributed by atoms with Gasteiger partial charge in [0.2, 0.25) is 10.0 Å². The average Bonchev–Trinajstić information content (AvgIpc) is 3.22. The van der Waals surface area contributed by atoms with Crippen molar-refractivity contribution >= 4 is 27.5 Å². The number of carbonyl (C=O) groups excluding carboxylic acids is 1. The first-order valence-corrected chi connectivity index (χ1v) is 12.1. The fourth-order valence-corrected chi connectivity index (χ4v) is 4.84. The van der Waals surface area contributed by atoms with Crippen LogP contribution in [-0.2, 0) is 17.1 Å². The molecule has 1 aromatic heterocycles. The van der Waals surface area contributed by atoms with Crippen molar-refractivity contribution in [2.75, 3.05) is 14.2 Å². The summed E-state index contributed by atoms with van der Waals surface area (Å²) < 4.78 is 34.1. The number of benzene rings is 2. The Hall–Kier alpha value is -2.88. The maximum absolute atomic E-state index is 13.3. The topological polar surface area (TPSA) is 93.5 Å². The first-order chi connectivity index (χ1) is 15.6. The van der Waals surface area contributed by atoms with Gasteiger partial charge in [0, 0.05) is 32.5 Å². The highest BCUT2D eigenvalue weighted by Gasteiger charge is 2.27. The van der Waals surface area contributed by atoms with Crippen molar-refractivity contribution in [3.63, 3.8) is 0 Å². The zero-order valence-corrected chi connectivity index (χ0v) is 20.7. The number of methoxy groups -OCH3 is 1. The van der Waals surface area contributed by atoms with Crippen molar-refractivity contribution in [3.8, 4) is 5.75 Å². The molecule has 0 aliphatic rings. The van der Waals surface area contributed by atoms with Crippen LogP contribution < -0.4 is 10.1 Å². The molecule has 0 aliphatic carbocycles. The molecule has 3 rings (SSSR count). The lowest BCUT2D eigenvalue weighted by atomic mass is 10.0. The normalized spacial score (nSPS) is 12.7. The van der Waals surface area contributed by atoms with Gasteiger partial charge in [0.15, 0.2) is 0 Å². The molecule has 0 bridgehead atoms. The summed E-state index contributed by atoms with van der Waals surface area (Å²) in [5, 5.41) is 3.09. The number of rotatable bonds is 8. The summed E-state index contributed by atoms with van der Waals surface area (Å²) in [5.41, 5.74) is 0.834. The number of carbonyl (C=O) groups is 1. The third-order valence-electron chi connectivity index (χ3n) is 5.43. The molecule has 0 spiro atoms. The maximum atomic E-state index is 13.3. The number of ether oxygens (including phenoxy) is 1. The number of imidazole rings is 1. The van der Waals surface area contributed by atoms with E-state index in [9.17, 15) is 13.2 Å². The molecular weight excluding hydrogens is 464 g/mol. The number of amides is 1. The van der Waals surface area contributed by atoms with Crippen LogP contribution in [0.5, 0.6) is 5.75 Å². The number of hydrogen-bond acceptors (Lipinski definition) is 5. The molecule has 8 nitrogen and oxygen atoms in total. The number of aryl methyl sites for hydroxylation is 1. The average molecular weight is 491 g/mol. The zero-order chi connectivity index (χ0) is 24.3. The van der Waals surface area contributed by atoms with Crippen LogP contribution in [0.3, 0.4) is 0 Å². The second-order valence-electron chi connectivity index (χ2n) is 7.83. The molecular formula is C23H27ClN4O4S. The highest BCUT2D eigenvalue weighted by molar-refractivity contribution is 7.89. The van der Waals surface area contributed by atoms with Gasteiger partial charge in [-0.15, -0.1) is 0 Å². The summed E-state index contributed by atoms with van der Waals surface area (Å²) in [7, 11) is 1.11. The van der Waals surface area contributed by atoms with E-state index >= 15 is 0 Å². The number of sulfonamides is 1. The van der Waals surface area contributed by atoms with Crippen LogP contribution in [0.25, 0.3) is 0 Å². The summed E-state index contributed by atoms with van der Waals surface area (Å²) in [4.78, 5) is 17.7. The minimum Gasteiger partial charge on any atom is -0.497 e. The van der Waals surface area contributed by atoms with Gasteiger partial charge in [0.25, 0.3) is 5.91 Å². The van der Waals surface area contributed by atoms with E-state index in [4.69, 9.17) is 16.3 Å². The van der Waals surface area contributed by atoms with Gasteiger partial charge in [0.1, 0.15) is 17.6 Å². The monoisotopic (exact) mass is 490 g/mol. The van der Waals surface area contributed by atoms with Gasteiger partial charge in [-0.1, -0.05) is 23.7 Å². The van der Waals surface area contributed by atoms with Crippen LogP contribution >= 0.6 is 11.6 Å². The quantitative estimate of drug-likeness (QED) is 0.520. The van der Waals surface area contributed by atoms with Gasteiger partial charge in [-0.2, -0.15) is 4.31 Å². The Balaban J connectivity index is 1.99. The van der Waals surface area contributed by atoms with E-state index in [1.54, 1.807) is 50.1 Å². The van der Waals surface area contributed by atoms with Gasteiger partial charge in [0.05, 0.1) is 22.6 Å². The van der Waals surface area contributed by atoms with E-state index in [0.29, 0.717) is 11.6 Å². The SMILES string of the molecule is COc1ccc(C(NC(=O)c2cc(S(=O)(=O)N(C)C(C)C)ccc2Cl)c2nccn2C)cc1. The molecule has 33 heavy (non-hydrogen) atoms. The van der Waals surface area contributed by atoms with E-state index in [1.807, 2.05) is 19.2 Å². The molecule has 10 heteroatoms. The summed E-state index contributed by atoms with van der Waals surface area (Å²) >= 11 is 6.30. The van der Waals surface area contributed by atoms with E-state index < -0.39 is 22.0 Å². The Morgan fingerprint density at radius 1 is 1.18 bits per heavy atom. The molecule has 0 aliphatic heterocycles. The summed E-state index contributed by atoms with van der Waals surface area (Å²) in [6.07, 6.45) is 3.42. The molecule has 1 atom stereocenters. The van der Waals surface area contributed by atoms with Crippen LogP contribution in [0.2, 0.25) is 5.02 Å². The smallest absolute Gasteiger partial charge is 0.253 e. The number of nitrogens with zero attached hydrogens (tertiary/aromatic N) is 3. The second kappa shape index (κ2) is 9.94. The first kappa shape index (κ1) is 24.8. The molecule has 0 saturated heterocycles. The van der Waals surface area contributed by atoms with Crippen LogP contribution in [0.15, 0.2) is 59.8 Å². The Labute approximate surface area is 199 Å². The number of nitrogens with one attached hydrogen (secondary N) is 1. The molecule has 176 valence electrons. The Kier molecular flexibility index (Phi) is 7.46. The van der Waals surface area contributed by atoms with Crippen LogP contribution in [-0.4, -0.2) is 48.4 Å². The van der Waals surface area contributed by atoms with Crippen LogP contribution in [0.1, 0.15) is 41.6 Å². The molecule has 1 amide bonds. The lowest BCUT2D eigenvalue weighted by Gasteiger charge is -2.22. The Bertz CT molecular complexity index is 1240. The van der Waals surface area contributed by atoms with Crippen LogP contribution in [0, 0.1) is 0 Å². The highest BCUT2D eigenvalue weighted by Crippen LogP contribution is 2.27. The van der Waals surface area contributed by atoms with Crippen molar-refractivity contribution in [2.24, 2.45) is 7.05 Å². The van der Waals surface area contributed by atoms with Crippen molar-refractivity contribution in [1.29, 1.82) is 0 Å². The molecule has 1 heterocycles. The minimum absolute atomic E-state index is 0.00811. The van der Waals surface area contributed by atoms with Gasteiger partial charge in [-0.05, 0) is 49.7 Å². The molecule has 2 aromatic carbocycles. The van der Waals surface area contributed by atoms with Crippen LogP contribution in [0.4, 0.5) is 0 Å². The molecule has 1 unspecified atom stereocenters. The fourth-order valence-electron chi connectivity index (χ4n) is 3.24. The van der Waals surface area contributed by atoms with Crippen molar-refractivity contribution in [1.82, 2.24) is 19.2 Å². The lowest BCUT2D eigenvalue weighted by Crippen LogP contribution is -2.34. The summed E-state index contributed by atoms with van der Waals surface area (Å²) in [6.45, 7) is 3.54. The van der Waals surface area contributed by atoms with Crippen molar-refractivity contribution < 1.29 is 17.9 Å². The highest BCUT2D eigenvalue weighted by atomic mass is 35.5. The van der Waals surface area contributed by atoms with E-state index in [0.717, 1.165) is 5.56 Å².